The second-order valence-electron chi connectivity index (χ2n) is 17.9. The molecule has 15 nitrogen and oxygen atoms in total. The van der Waals surface area contributed by atoms with Gasteiger partial charge in [-0.1, -0.05) is 83.9 Å². The predicted molar refractivity (Wildman–Crippen MR) is 275 cm³/mol. The molecule has 404 valence electrons. The maximum Gasteiger partial charge on any atom is 0.511 e. The lowest BCUT2D eigenvalue weighted by molar-refractivity contribution is -0.173. The van der Waals surface area contributed by atoms with Crippen LogP contribution in [-0.2, 0) is 21.0 Å². The smallest absolute Gasteiger partial charge is 0.502 e. The topological polar surface area (TPSA) is 156 Å². The van der Waals surface area contributed by atoms with Crippen LogP contribution < -0.4 is 25.6 Å². The molecule has 1 unspecified atom stereocenters. The fourth-order valence-corrected chi connectivity index (χ4v) is 12.4. The van der Waals surface area contributed by atoms with E-state index in [1.54, 1.807) is 46.0 Å². The number of methoxy groups -OCH3 is 1. The third kappa shape index (κ3) is 10.4. The van der Waals surface area contributed by atoms with Gasteiger partial charge in [0.25, 0.3) is 11.8 Å². The molecule has 4 aliphatic heterocycles. The van der Waals surface area contributed by atoms with E-state index in [9.17, 15) is 55.4 Å². The number of carbonyl (C=O) groups is 3. The Morgan fingerprint density at radius 3 is 1.52 bits per heavy atom. The van der Waals surface area contributed by atoms with Gasteiger partial charge in [0.1, 0.15) is 25.4 Å². The number of pyridine rings is 2. The summed E-state index contributed by atoms with van der Waals surface area (Å²) in [7, 11) is 1.07. The van der Waals surface area contributed by atoms with E-state index >= 15 is 0 Å². The van der Waals surface area contributed by atoms with Crippen LogP contribution in [0.1, 0.15) is 87.2 Å². The van der Waals surface area contributed by atoms with E-state index in [1.165, 1.54) is 40.4 Å². The van der Waals surface area contributed by atoms with Crippen LogP contribution in [0.4, 0.5) is 31.1 Å². The molecule has 6 aromatic rings. The number of carbonyl (C=O) groups excluding carboxylic acids is 3. The first kappa shape index (κ1) is 54.8. The lowest BCUT2D eigenvalue weighted by Gasteiger charge is -2.46. The number of aromatic nitrogens is 2. The number of amides is 2. The standard InChI is InChI=1S/C28H25ClF3N3O6S.C24H19ClF3N3O3S/c1-15(28(30,31)32)33-14-35(23-17-8-6-9-20(29)19(17)13-42-22-10-5-4-7-18(22)23)34-12-11-21(36)25(24(34)26(33)37)40-16(2)41-27(38)39-3;1-13(24(26,27)28)29-12-31(30-10-9-18(32)22(33)21(30)23(29)34)20-14-6-4-7-17(25)16(14)11-35-19-8-3-2-5-15(19)20/h4-12,15-16,23H,13-14H2,1-3H3;2-10,13,20,33H,11-12H2,1H3/t15-,16?,23+;13-,20+/m11/s1. The molecule has 10 rings (SSSR count). The molecule has 0 aliphatic carbocycles. The second kappa shape index (κ2) is 21.5. The molecule has 6 heterocycles. The first-order chi connectivity index (χ1) is 36.5. The molecule has 2 amide bonds. The van der Waals surface area contributed by atoms with Crippen LogP contribution in [0.5, 0.6) is 11.5 Å². The Kier molecular flexibility index (Phi) is 15.3. The fraction of sp³-hybridized carbons (Fsp3) is 0.288. The highest BCUT2D eigenvalue weighted by molar-refractivity contribution is 7.98. The van der Waals surface area contributed by atoms with Crippen molar-refractivity contribution in [3.05, 3.63) is 185 Å². The molecule has 5 atom stereocenters. The van der Waals surface area contributed by atoms with Gasteiger partial charge in [0.2, 0.25) is 22.9 Å². The van der Waals surface area contributed by atoms with Crippen molar-refractivity contribution in [3.8, 4) is 11.5 Å². The maximum absolute atomic E-state index is 14.1. The van der Waals surface area contributed by atoms with Gasteiger partial charge in [-0.3, -0.25) is 38.5 Å². The van der Waals surface area contributed by atoms with Crippen LogP contribution in [0, 0.1) is 0 Å². The van der Waals surface area contributed by atoms with Crippen LogP contribution in [0.15, 0.2) is 129 Å². The Morgan fingerprint density at radius 2 is 1.05 bits per heavy atom. The summed E-state index contributed by atoms with van der Waals surface area (Å²) in [5, 5.41) is 14.6. The van der Waals surface area contributed by atoms with E-state index in [0.717, 1.165) is 76.3 Å². The number of hydrogen-bond acceptors (Lipinski definition) is 13. The van der Waals surface area contributed by atoms with E-state index in [-0.39, 0.29) is 0 Å². The van der Waals surface area contributed by atoms with E-state index in [4.69, 9.17) is 32.7 Å². The minimum Gasteiger partial charge on any atom is -0.502 e. The monoisotopic (exact) mass is 1140 g/mol. The van der Waals surface area contributed by atoms with E-state index in [2.05, 4.69) is 4.74 Å². The molecular weight excluding hydrogens is 1100 g/mol. The first-order valence-electron chi connectivity index (χ1n) is 23.4. The molecule has 77 heavy (non-hydrogen) atoms. The lowest BCUT2D eigenvalue weighted by atomic mass is 9.94. The third-order valence-electron chi connectivity index (χ3n) is 13.4. The average Bonchev–Trinajstić information content (AvgIpc) is 3.67. The summed E-state index contributed by atoms with van der Waals surface area (Å²) in [5.74, 6) is -2.60. The Balaban J connectivity index is 0.000000191. The van der Waals surface area contributed by atoms with Crippen molar-refractivity contribution < 1.29 is 60.0 Å². The normalized spacial score (nSPS) is 18.1. The SMILES string of the molecule is COC(=O)OC(C)Oc1c2n(ccc1=O)N([C@@H]1c3ccccc3SCc3c(Cl)cccc31)CN([C@H](C)C(F)(F)F)C2=O.C[C@@H](N1CN([C@@H]2c3ccccc3SCc3c(Cl)cccc32)n2ccc(=O)c(O)c2C1=O)C(F)(F)F. The molecule has 4 aliphatic rings. The number of fused-ring (bicyclic) bond motifs is 6. The van der Waals surface area contributed by atoms with Gasteiger partial charge in [-0.05, 0) is 71.5 Å². The molecule has 0 radical (unpaired) electrons. The minimum atomic E-state index is -4.78. The molecule has 25 heteroatoms. The highest BCUT2D eigenvalue weighted by Gasteiger charge is 2.50. The summed E-state index contributed by atoms with van der Waals surface area (Å²) in [5.41, 5.74) is 2.04. The first-order valence-corrected chi connectivity index (χ1v) is 26.1. The number of halogens is 8. The Hall–Kier alpha value is -6.95. The van der Waals surface area contributed by atoms with Crippen LogP contribution in [0.2, 0.25) is 10.0 Å². The largest absolute Gasteiger partial charge is 0.511 e. The van der Waals surface area contributed by atoms with E-state index in [1.807, 2.05) is 60.7 Å². The average molecular weight is 1150 g/mol. The zero-order valence-corrected chi connectivity index (χ0v) is 44.0. The van der Waals surface area contributed by atoms with Crippen LogP contribution in [-0.4, -0.2) is 93.4 Å². The Bertz CT molecular complexity index is 3440. The van der Waals surface area contributed by atoms with Crippen LogP contribution in [0.25, 0.3) is 0 Å². The van der Waals surface area contributed by atoms with Gasteiger partial charge >= 0.3 is 18.5 Å². The highest BCUT2D eigenvalue weighted by atomic mass is 35.5. The van der Waals surface area contributed by atoms with Crippen molar-refractivity contribution >= 4 is 64.7 Å². The van der Waals surface area contributed by atoms with Crippen molar-refractivity contribution in [2.24, 2.45) is 0 Å². The van der Waals surface area contributed by atoms with Crippen molar-refractivity contribution in [2.75, 3.05) is 30.5 Å². The number of alkyl halides is 6. The predicted octanol–water partition coefficient (Wildman–Crippen LogP) is 10.6. The molecule has 0 bridgehead atoms. The Labute approximate surface area is 453 Å². The van der Waals surface area contributed by atoms with Crippen LogP contribution >= 0.6 is 46.7 Å². The number of aromatic hydroxyl groups is 1. The molecule has 0 saturated carbocycles. The van der Waals surface area contributed by atoms with E-state index < -0.39 is 108 Å². The van der Waals surface area contributed by atoms with Gasteiger partial charge in [0.05, 0.1) is 19.2 Å². The van der Waals surface area contributed by atoms with Gasteiger partial charge < -0.3 is 29.1 Å². The molecule has 0 spiro atoms. The quantitative estimate of drug-likeness (QED) is 0.0916. The zero-order chi connectivity index (χ0) is 55.4. The van der Waals surface area contributed by atoms with Crippen LogP contribution in [0.3, 0.4) is 0 Å². The second-order valence-corrected chi connectivity index (χ2v) is 20.8. The molecule has 0 saturated heterocycles. The van der Waals surface area contributed by atoms with Crippen molar-refractivity contribution in [2.45, 2.75) is 84.9 Å². The van der Waals surface area contributed by atoms with Gasteiger partial charge in [0.15, 0.2) is 17.1 Å². The fourth-order valence-electron chi connectivity index (χ4n) is 9.47. The van der Waals surface area contributed by atoms with Crippen molar-refractivity contribution in [1.29, 1.82) is 0 Å². The van der Waals surface area contributed by atoms with Gasteiger partial charge in [-0.25, -0.2) is 4.79 Å². The summed E-state index contributed by atoms with van der Waals surface area (Å²) in [6, 6.07) is 22.1. The molecule has 2 aromatic heterocycles. The van der Waals surface area contributed by atoms with Gasteiger partial charge in [-0.15, -0.1) is 23.5 Å². The van der Waals surface area contributed by atoms with Gasteiger partial charge in [-0.2, -0.15) is 26.3 Å². The summed E-state index contributed by atoms with van der Waals surface area (Å²) in [6.07, 6.45) is -9.41. The van der Waals surface area contributed by atoms with Crippen molar-refractivity contribution in [3.63, 3.8) is 0 Å². The summed E-state index contributed by atoms with van der Waals surface area (Å²) >= 11 is 16.2. The number of rotatable bonds is 7. The number of ether oxygens (including phenoxy) is 3. The maximum atomic E-state index is 14.1. The highest BCUT2D eigenvalue weighted by Crippen LogP contribution is 2.47. The minimum absolute atomic E-state index is 0.440. The molecule has 4 aromatic carbocycles. The molecular formula is C52H44Cl2F6N6O9S2. The summed E-state index contributed by atoms with van der Waals surface area (Å²) in [6.45, 7) is 2.10. The lowest BCUT2D eigenvalue weighted by Crippen LogP contribution is -2.60. The number of nitrogens with zero attached hydrogens (tertiary/aromatic N) is 6. The zero-order valence-electron chi connectivity index (χ0n) is 40.8. The van der Waals surface area contributed by atoms with Crippen molar-refractivity contribution in [1.82, 2.24) is 19.2 Å². The number of thioether (sulfide) groups is 2. The van der Waals surface area contributed by atoms with Gasteiger partial charge in [0, 0.05) is 62.8 Å². The summed E-state index contributed by atoms with van der Waals surface area (Å²) in [4.78, 5) is 66.9. The third-order valence-corrected chi connectivity index (χ3v) is 16.4. The summed E-state index contributed by atoms with van der Waals surface area (Å²) < 4.78 is 101. The molecule has 1 N–H and O–H groups in total. The number of benzene rings is 4. The number of hydrogen-bond donors (Lipinski definition) is 1. The Morgan fingerprint density at radius 1 is 0.623 bits per heavy atom. The van der Waals surface area contributed by atoms with E-state index in [0.29, 0.717) is 31.4 Å². The molecule has 0 fully saturated rings.